The predicted molar refractivity (Wildman–Crippen MR) is 103 cm³/mol. The van der Waals surface area contributed by atoms with Crippen LogP contribution in [-0.4, -0.2) is 36.4 Å². The van der Waals surface area contributed by atoms with E-state index >= 15 is 0 Å². The maximum Gasteiger partial charge on any atom is 0.262 e. The Bertz CT molecular complexity index is 959. The summed E-state index contributed by atoms with van der Waals surface area (Å²) >= 11 is 0. The topological polar surface area (TPSA) is 96.7 Å². The second kappa shape index (κ2) is 7.60. The molecule has 0 aromatic carbocycles. The van der Waals surface area contributed by atoms with E-state index in [9.17, 15) is 9.90 Å². The van der Waals surface area contributed by atoms with Gasteiger partial charge in [-0.25, -0.2) is 9.67 Å². The molecule has 1 saturated carbocycles. The van der Waals surface area contributed by atoms with Gasteiger partial charge in [0.1, 0.15) is 11.2 Å². The van der Waals surface area contributed by atoms with Crippen LogP contribution in [0, 0.1) is 0 Å². The molecule has 27 heavy (non-hydrogen) atoms. The molecule has 3 atom stereocenters. The first-order valence-electron chi connectivity index (χ1n) is 9.72. The fourth-order valence-electron chi connectivity index (χ4n) is 4.04. The maximum atomic E-state index is 12.6. The molecule has 0 saturated heterocycles. The molecular weight excluding hydrogens is 342 g/mol. The molecule has 2 N–H and O–H groups in total. The number of fused-ring (bicyclic) bond motifs is 1. The zero-order chi connectivity index (χ0) is 18.8. The Morgan fingerprint density at radius 1 is 1.30 bits per heavy atom. The van der Waals surface area contributed by atoms with Crippen LogP contribution in [0.25, 0.3) is 11.0 Å². The summed E-state index contributed by atoms with van der Waals surface area (Å²) in [4.78, 5) is 24.9. The van der Waals surface area contributed by atoms with Gasteiger partial charge in [0.05, 0.1) is 12.2 Å². The molecule has 0 bridgehead atoms. The van der Waals surface area contributed by atoms with E-state index in [1.165, 1.54) is 0 Å². The average molecular weight is 367 g/mol. The fourth-order valence-corrected chi connectivity index (χ4v) is 4.04. The predicted octanol–water partition coefficient (Wildman–Crippen LogP) is 2.90. The molecule has 4 rings (SSSR count). The normalized spacial score (nSPS) is 20.5. The minimum Gasteiger partial charge on any atom is -0.396 e. The Balaban J connectivity index is 1.72. The lowest BCUT2D eigenvalue weighted by atomic mass is 9.71. The third-order valence-corrected chi connectivity index (χ3v) is 5.61. The van der Waals surface area contributed by atoms with E-state index in [1.807, 2.05) is 29.1 Å². The van der Waals surface area contributed by atoms with Gasteiger partial charge in [-0.05, 0) is 37.8 Å². The minimum absolute atomic E-state index is 0.0487. The quantitative estimate of drug-likeness (QED) is 0.669. The molecular formula is C20H25N5O2. The van der Waals surface area contributed by atoms with Crippen LogP contribution in [0.2, 0.25) is 0 Å². The molecule has 0 radical (unpaired) electrons. The number of aliphatic hydroxyl groups excluding tert-OH is 1. The Morgan fingerprint density at radius 3 is 2.81 bits per heavy atom. The number of aromatic nitrogens is 5. The van der Waals surface area contributed by atoms with Crippen molar-refractivity contribution in [2.75, 3.05) is 6.61 Å². The molecule has 1 fully saturated rings. The second-order valence-corrected chi connectivity index (χ2v) is 7.28. The summed E-state index contributed by atoms with van der Waals surface area (Å²) in [7, 11) is 0. The molecule has 1 unspecified atom stereocenters. The van der Waals surface area contributed by atoms with Crippen molar-refractivity contribution in [1.82, 2.24) is 24.7 Å². The van der Waals surface area contributed by atoms with Crippen LogP contribution in [-0.2, 0) is 0 Å². The first-order valence-corrected chi connectivity index (χ1v) is 9.72. The number of aliphatic hydroxyl groups is 1. The highest BCUT2D eigenvalue weighted by Crippen LogP contribution is 2.47. The average Bonchev–Trinajstić information content (AvgIpc) is 3.06. The Morgan fingerprint density at radius 2 is 2.15 bits per heavy atom. The van der Waals surface area contributed by atoms with Gasteiger partial charge in [-0.3, -0.25) is 9.78 Å². The second-order valence-electron chi connectivity index (χ2n) is 7.28. The lowest BCUT2D eigenvalue weighted by Gasteiger charge is -2.35. The lowest BCUT2D eigenvalue weighted by molar-refractivity contribution is 0.246. The minimum atomic E-state index is -0.146. The van der Waals surface area contributed by atoms with Crippen molar-refractivity contribution in [2.45, 2.75) is 56.9 Å². The van der Waals surface area contributed by atoms with E-state index in [-0.39, 0.29) is 30.0 Å². The van der Waals surface area contributed by atoms with Gasteiger partial charge in [0.2, 0.25) is 0 Å². The number of pyridine rings is 1. The van der Waals surface area contributed by atoms with Crippen molar-refractivity contribution < 1.29 is 5.11 Å². The largest absolute Gasteiger partial charge is 0.396 e. The number of H-pyrrole nitrogens is 1. The number of rotatable bonds is 7. The fraction of sp³-hybridized carbons (Fsp3) is 0.500. The number of nitrogens with one attached hydrogen (secondary N) is 1. The van der Waals surface area contributed by atoms with Crippen LogP contribution < -0.4 is 5.56 Å². The molecule has 1 aliphatic rings. The van der Waals surface area contributed by atoms with E-state index in [1.54, 1.807) is 6.20 Å². The van der Waals surface area contributed by atoms with Gasteiger partial charge in [0, 0.05) is 30.3 Å². The summed E-state index contributed by atoms with van der Waals surface area (Å²) in [5.41, 5.74) is 1.52. The van der Waals surface area contributed by atoms with Crippen LogP contribution in [0.1, 0.15) is 68.4 Å². The van der Waals surface area contributed by atoms with Crippen LogP contribution in [0.4, 0.5) is 0 Å². The van der Waals surface area contributed by atoms with Crippen molar-refractivity contribution in [3.8, 4) is 0 Å². The summed E-state index contributed by atoms with van der Waals surface area (Å²) in [5, 5.41) is 14.3. The monoisotopic (exact) mass is 367 g/mol. The first-order chi connectivity index (χ1) is 13.2. The van der Waals surface area contributed by atoms with Crippen LogP contribution in [0.3, 0.4) is 0 Å². The number of aromatic amines is 1. The highest BCUT2D eigenvalue weighted by atomic mass is 16.3. The van der Waals surface area contributed by atoms with Gasteiger partial charge in [-0.15, -0.1) is 0 Å². The standard InChI is InChI=1S/C20H25N5O2/c1-2-5-13(9-11-26)25-19-16(12-22-25)20(27)24-18(23-19)15-8-7-14(15)17-6-3-4-10-21-17/h3-4,6,10,12-15,26H,2,5,7-9,11H2,1H3,(H,23,24,27)/t13?,14-,15-/m1/s1. The number of hydrogen-bond donors (Lipinski definition) is 2. The number of hydrogen-bond acceptors (Lipinski definition) is 5. The lowest BCUT2D eigenvalue weighted by Crippen LogP contribution is -2.27. The third-order valence-electron chi connectivity index (χ3n) is 5.61. The van der Waals surface area contributed by atoms with Crippen LogP contribution in [0.5, 0.6) is 0 Å². The molecule has 0 aliphatic heterocycles. The van der Waals surface area contributed by atoms with E-state index in [0.29, 0.717) is 17.5 Å². The van der Waals surface area contributed by atoms with Gasteiger partial charge in [-0.2, -0.15) is 5.10 Å². The van der Waals surface area contributed by atoms with Crippen molar-refractivity contribution in [3.05, 3.63) is 52.5 Å². The molecule has 7 heteroatoms. The van der Waals surface area contributed by atoms with Crippen molar-refractivity contribution in [3.63, 3.8) is 0 Å². The van der Waals surface area contributed by atoms with Gasteiger partial charge < -0.3 is 10.1 Å². The van der Waals surface area contributed by atoms with Crippen LogP contribution >= 0.6 is 0 Å². The highest BCUT2D eigenvalue weighted by Gasteiger charge is 2.36. The molecule has 3 heterocycles. The molecule has 0 spiro atoms. The van der Waals surface area contributed by atoms with Gasteiger partial charge in [0.25, 0.3) is 5.56 Å². The van der Waals surface area contributed by atoms with Crippen molar-refractivity contribution in [1.29, 1.82) is 0 Å². The summed E-state index contributed by atoms with van der Waals surface area (Å²) in [5.74, 6) is 1.17. The molecule has 7 nitrogen and oxygen atoms in total. The van der Waals surface area contributed by atoms with Crippen molar-refractivity contribution in [2.24, 2.45) is 0 Å². The first kappa shape index (κ1) is 17.9. The summed E-state index contributed by atoms with van der Waals surface area (Å²) in [6.45, 7) is 2.19. The van der Waals surface area contributed by atoms with E-state index in [2.05, 4.69) is 22.0 Å². The third kappa shape index (κ3) is 3.27. The SMILES string of the molecule is CCCC(CCO)n1ncc2c(=O)[nH]c([C@@H]3CC[C@H]3c3ccccn3)nc21. The highest BCUT2D eigenvalue weighted by molar-refractivity contribution is 5.73. The Labute approximate surface area is 157 Å². The Kier molecular flexibility index (Phi) is 5.03. The van der Waals surface area contributed by atoms with E-state index in [0.717, 1.165) is 37.2 Å². The molecule has 3 aromatic heterocycles. The maximum absolute atomic E-state index is 12.6. The zero-order valence-corrected chi connectivity index (χ0v) is 15.5. The van der Waals surface area contributed by atoms with Gasteiger partial charge in [-0.1, -0.05) is 19.4 Å². The number of nitrogens with zero attached hydrogens (tertiary/aromatic N) is 4. The van der Waals surface area contributed by atoms with E-state index in [4.69, 9.17) is 4.98 Å². The molecule has 1 aliphatic carbocycles. The van der Waals surface area contributed by atoms with Crippen LogP contribution in [0.15, 0.2) is 35.4 Å². The Hall–Kier alpha value is -2.54. The van der Waals surface area contributed by atoms with Crippen molar-refractivity contribution >= 4 is 11.0 Å². The molecule has 0 amide bonds. The molecule has 3 aromatic rings. The van der Waals surface area contributed by atoms with Gasteiger partial charge >= 0.3 is 0 Å². The smallest absolute Gasteiger partial charge is 0.262 e. The summed E-state index contributed by atoms with van der Waals surface area (Å²) < 4.78 is 1.82. The van der Waals surface area contributed by atoms with E-state index < -0.39 is 0 Å². The molecule has 142 valence electrons. The van der Waals surface area contributed by atoms with Gasteiger partial charge in [0.15, 0.2) is 5.65 Å². The summed E-state index contributed by atoms with van der Waals surface area (Å²) in [6.07, 6.45) is 7.90. The zero-order valence-electron chi connectivity index (χ0n) is 15.5. The summed E-state index contributed by atoms with van der Waals surface area (Å²) in [6, 6.07) is 6.00.